The highest BCUT2D eigenvalue weighted by Crippen LogP contribution is 2.42. The Labute approximate surface area is 150 Å². The molecule has 0 fully saturated rings. The van der Waals surface area contributed by atoms with Crippen LogP contribution in [-0.4, -0.2) is 0 Å². The first-order valence-electron chi connectivity index (χ1n) is 7.09. The van der Waals surface area contributed by atoms with Gasteiger partial charge in [-0.25, -0.2) is 0 Å². The number of benzene rings is 3. The Morgan fingerprint density at radius 3 is 1.04 bits per heavy atom. The second-order valence-corrected chi connectivity index (χ2v) is 6.47. The van der Waals surface area contributed by atoms with E-state index in [9.17, 15) is 0 Å². The van der Waals surface area contributed by atoms with Gasteiger partial charge in [-0.15, -0.1) is 0 Å². The lowest BCUT2D eigenvalue weighted by Gasteiger charge is -2.33. The molecule has 23 heavy (non-hydrogen) atoms. The van der Waals surface area contributed by atoms with Gasteiger partial charge in [-0.1, -0.05) is 89.4 Å². The van der Waals surface area contributed by atoms with Crippen molar-refractivity contribution in [2.75, 3.05) is 0 Å². The van der Waals surface area contributed by atoms with Gasteiger partial charge in [0.2, 0.25) is 0 Å². The summed E-state index contributed by atoms with van der Waals surface area (Å²) < 4.78 is 0. The standard InChI is InChI=1S/C19H14Cl3N/c20-16-10-4-1-7-13(16)19(23,14-8-2-5-11-17(14)21)15-9-3-6-12-18(15)22/h1-12H,23H2. The zero-order valence-corrected chi connectivity index (χ0v) is 14.4. The molecule has 0 radical (unpaired) electrons. The van der Waals surface area contributed by atoms with E-state index in [1.165, 1.54) is 0 Å². The first kappa shape index (κ1) is 16.4. The maximum atomic E-state index is 6.91. The van der Waals surface area contributed by atoms with Gasteiger partial charge in [-0.05, 0) is 34.9 Å². The molecule has 0 atom stereocenters. The molecule has 0 aliphatic rings. The second-order valence-electron chi connectivity index (χ2n) is 5.25. The molecule has 0 saturated heterocycles. The molecule has 3 rings (SSSR count). The number of hydrogen-bond acceptors (Lipinski definition) is 1. The first-order valence-corrected chi connectivity index (χ1v) is 8.22. The van der Waals surface area contributed by atoms with Crippen LogP contribution in [0.5, 0.6) is 0 Å². The predicted octanol–water partition coefficient (Wildman–Crippen LogP) is 5.90. The number of halogens is 3. The summed E-state index contributed by atoms with van der Waals surface area (Å²) in [5.41, 5.74) is 8.12. The second kappa shape index (κ2) is 6.54. The predicted molar refractivity (Wildman–Crippen MR) is 98.4 cm³/mol. The fraction of sp³-hybridized carbons (Fsp3) is 0.0526. The van der Waals surface area contributed by atoms with Gasteiger partial charge in [-0.2, -0.15) is 0 Å². The lowest BCUT2D eigenvalue weighted by molar-refractivity contribution is 0.653. The molecule has 0 aliphatic carbocycles. The zero-order valence-electron chi connectivity index (χ0n) is 12.1. The summed E-state index contributed by atoms with van der Waals surface area (Å²) in [5.74, 6) is 0. The minimum Gasteiger partial charge on any atom is -0.314 e. The van der Waals surface area contributed by atoms with Crippen molar-refractivity contribution in [3.05, 3.63) is 105 Å². The monoisotopic (exact) mass is 361 g/mol. The molecule has 3 aromatic carbocycles. The summed E-state index contributed by atoms with van der Waals surface area (Å²) in [6.45, 7) is 0. The molecule has 3 aromatic rings. The van der Waals surface area contributed by atoms with Gasteiger partial charge < -0.3 is 5.73 Å². The van der Waals surface area contributed by atoms with Gasteiger partial charge >= 0.3 is 0 Å². The molecule has 0 aliphatic heterocycles. The molecule has 4 heteroatoms. The molecule has 0 amide bonds. The van der Waals surface area contributed by atoms with Crippen molar-refractivity contribution in [2.24, 2.45) is 5.73 Å². The van der Waals surface area contributed by atoms with Crippen molar-refractivity contribution in [3.8, 4) is 0 Å². The van der Waals surface area contributed by atoms with Gasteiger partial charge in [-0.3, -0.25) is 0 Å². The van der Waals surface area contributed by atoms with Crippen LogP contribution in [0.3, 0.4) is 0 Å². The highest BCUT2D eigenvalue weighted by molar-refractivity contribution is 6.33. The van der Waals surface area contributed by atoms with Gasteiger partial charge in [0.25, 0.3) is 0 Å². The molecular weight excluding hydrogens is 349 g/mol. The fourth-order valence-corrected chi connectivity index (χ4v) is 3.63. The minimum atomic E-state index is -1.05. The van der Waals surface area contributed by atoms with Crippen LogP contribution in [0.2, 0.25) is 15.1 Å². The summed E-state index contributed by atoms with van der Waals surface area (Å²) in [5, 5.41) is 1.69. The molecule has 0 bridgehead atoms. The molecule has 116 valence electrons. The van der Waals surface area contributed by atoms with Crippen molar-refractivity contribution in [3.63, 3.8) is 0 Å². The van der Waals surface area contributed by atoms with Crippen molar-refractivity contribution in [1.29, 1.82) is 0 Å². The summed E-state index contributed by atoms with van der Waals surface area (Å²) in [6.07, 6.45) is 0. The third-order valence-electron chi connectivity index (χ3n) is 3.90. The highest BCUT2D eigenvalue weighted by Gasteiger charge is 2.36. The van der Waals surface area contributed by atoms with E-state index in [1.54, 1.807) is 0 Å². The van der Waals surface area contributed by atoms with E-state index in [-0.39, 0.29) is 0 Å². The largest absolute Gasteiger partial charge is 0.314 e. The van der Waals surface area contributed by atoms with Gasteiger partial charge in [0.15, 0.2) is 0 Å². The summed E-state index contributed by atoms with van der Waals surface area (Å²) in [4.78, 5) is 0. The fourth-order valence-electron chi connectivity index (χ4n) is 2.78. The topological polar surface area (TPSA) is 26.0 Å². The maximum absolute atomic E-state index is 6.91. The number of nitrogens with two attached hydrogens (primary N) is 1. The Morgan fingerprint density at radius 1 is 0.522 bits per heavy atom. The molecule has 1 nitrogen and oxygen atoms in total. The van der Waals surface area contributed by atoms with Crippen LogP contribution in [0.1, 0.15) is 16.7 Å². The van der Waals surface area contributed by atoms with Crippen molar-refractivity contribution in [1.82, 2.24) is 0 Å². The third kappa shape index (κ3) is 2.86. The number of hydrogen-bond donors (Lipinski definition) is 1. The van der Waals surface area contributed by atoms with E-state index in [0.717, 1.165) is 16.7 Å². The Hall–Kier alpha value is -1.51. The minimum absolute atomic E-state index is 0.565. The average Bonchev–Trinajstić information content (AvgIpc) is 2.55. The van der Waals surface area contributed by atoms with Crippen LogP contribution in [0.15, 0.2) is 72.8 Å². The van der Waals surface area contributed by atoms with Crippen molar-refractivity contribution in [2.45, 2.75) is 5.54 Å². The number of rotatable bonds is 3. The van der Waals surface area contributed by atoms with Crippen LogP contribution in [0.25, 0.3) is 0 Å². The van der Waals surface area contributed by atoms with E-state index in [1.807, 2.05) is 72.8 Å². The van der Waals surface area contributed by atoms with Crippen molar-refractivity contribution < 1.29 is 0 Å². The van der Waals surface area contributed by atoms with E-state index >= 15 is 0 Å². The summed E-state index contributed by atoms with van der Waals surface area (Å²) >= 11 is 19.3. The summed E-state index contributed by atoms with van der Waals surface area (Å²) in [7, 11) is 0. The normalized spacial score (nSPS) is 11.5. The van der Waals surface area contributed by atoms with Crippen LogP contribution >= 0.6 is 34.8 Å². The van der Waals surface area contributed by atoms with E-state index in [2.05, 4.69) is 0 Å². The molecule has 0 spiro atoms. The van der Waals surface area contributed by atoms with Crippen LogP contribution < -0.4 is 5.73 Å². The van der Waals surface area contributed by atoms with Crippen molar-refractivity contribution >= 4 is 34.8 Å². The Morgan fingerprint density at radius 2 is 0.783 bits per heavy atom. The SMILES string of the molecule is NC(c1ccccc1Cl)(c1ccccc1Cl)c1ccccc1Cl. The Bertz CT molecular complexity index is 734. The molecule has 0 aromatic heterocycles. The smallest absolute Gasteiger partial charge is 0.0966 e. The first-order chi connectivity index (χ1) is 11.0. The quantitative estimate of drug-likeness (QED) is 0.577. The van der Waals surface area contributed by atoms with E-state index < -0.39 is 5.54 Å². The molecule has 2 N–H and O–H groups in total. The molecule has 0 saturated carbocycles. The van der Waals surface area contributed by atoms with E-state index in [0.29, 0.717) is 15.1 Å². The molecule has 0 heterocycles. The zero-order chi connectivity index (χ0) is 16.4. The Balaban J connectivity index is 2.38. The maximum Gasteiger partial charge on any atom is 0.0966 e. The van der Waals surface area contributed by atoms with Gasteiger partial charge in [0.05, 0.1) is 5.54 Å². The van der Waals surface area contributed by atoms with Crippen LogP contribution in [0, 0.1) is 0 Å². The molecule has 0 unspecified atom stereocenters. The van der Waals surface area contributed by atoms with Crippen LogP contribution in [0.4, 0.5) is 0 Å². The van der Waals surface area contributed by atoms with Gasteiger partial charge in [0, 0.05) is 15.1 Å². The highest BCUT2D eigenvalue weighted by atomic mass is 35.5. The average molecular weight is 363 g/mol. The lowest BCUT2D eigenvalue weighted by Crippen LogP contribution is -2.40. The Kier molecular flexibility index (Phi) is 4.65. The summed E-state index contributed by atoms with van der Waals surface area (Å²) in [6, 6.07) is 22.4. The van der Waals surface area contributed by atoms with E-state index in [4.69, 9.17) is 40.5 Å². The molecular formula is C19H14Cl3N. The van der Waals surface area contributed by atoms with Crippen LogP contribution in [-0.2, 0) is 5.54 Å². The lowest BCUT2D eigenvalue weighted by atomic mass is 9.78. The van der Waals surface area contributed by atoms with Gasteiger partial charge in [0.1, 0.15) is 0 Å². The third-order valence-corrected chi connectivity index (χ3v) is 4.88.